The number of halogens is 1. The molecule has 8 heteroatoms. The van der Waals surface area contributed by atoms with Gasteiger partial charge >= 0.3 is 0 Å². The molecule has 152 valence electrons. The summed E-state index contributed by atoms with van der Waals surface area (Å²) in [6.45, 7) is 9.12. The van der Waals surface area contributed by atoms with E-state index in [2.05, 4.69) is 27.3 Å². The molecule has 0 amide bonds. The maximum Gasteiger partial charge on any atom is 0.228 e. The van der Waals surface area contributed by atoms with Gasteiger partial charge in [0.25, 0.3) is 0 Å². The largest absolute Gasteiger partial charge is 0.381 e. The second kappa shape index (κ2) is 10.4. The Balaban J connectivity index is 1.56. The first kappa shape index (κ1) is 20.6. The molecule has 1 unspecified atom stereocenters. The average molecular weight is 406 g/mol. The van der Waals surface area contributed by atoms with Crippen molar-refractivity contribution in [2.45, 2.75) is 26.7 Å². The lowest BCUT2D eigenvalue weighted by Gasteiger charge is -2.21. The Labute approximate surface area is 171 Å². The van der Waals surface area contributed by atoms with Crippen LogP contribution in [-0.4, -0.2) is 60.4 Å². The van der Waals surface area contributed by atoms with E-state index in [1.54, 1.807) is 0 Å². The zero-order chi connectivity index (χ0) is 19.8. The van der Waals surface area contributed by atoms with Gasteiger partial charge in [-0.3, -0.25) is 4.99 Å². The van der Waals surface area contributed by atoms with E-state index < -0.39 is 0 Å². The summed E-state index contributed by atoms with van der Waals surface area (Å²) in [5, 5.41) is 8.07. The highest BCUT2D eigenvalue weighted by Gasteiger charge is 2.24. The van der Waals surface area contributed by atoms with E-state index in [4.69, 9.17) is 25.9 Å². The quantitative estimate of drug-likeness (QED) is 0.536. The minimum Gasteiger partial charge on any atom is -0.381 e. The molecule has 3 rings (SSSR count). The number of likely N-dealkylation sites (tertiary alicyclic amines) is 1. The molecule has 2 aromatic rings. The summed E-state index contributed by atoms with van der Waals surface area (Å²) in [6, 6.07) is 7.42. The molecule has 1 N–H and O–H groups in total. The molecule has 0 radical (unpaired) electrons. The lowest BCUT2D eigenvalue weighted by Crippen LogP contribution is -2.40. The van der Waals surface area contributed by atoms with Crippen LogP contribution in [0.1, 0.15) is 26.2 Å². The molecule has 1 aliphatic rings. The maximum absolute atomic E-state index is 6.03. The molecular weight excluding hydrogens is 378 g/mol. The van der Waals surface area contributed by atoms with Crippen LogP contribution in [0.15, 0.2) is 33.8 Å². The Morgan fingerprint density at radius 3 is 3.11 bits per heavy atom. The molecule has 0 aliphatic carbocycles. The minimum absolute atomic E-state index is 0.548. The molecule has 2 heterocycles. The van der Waals surface area contributed by atoms with Crippen molar-refractivity contribution in [2.24, 2.45) is 10.9 Å². The first-order valence-electron chi connectivity index (χ1n) is 9.89. The van der Waals surface area contributed by atoms with Gasteiger partial charge in [-0.2, -0.15) is 4.98 Å². The topological polar surface area (TPSA) is 75.8 Å². The van der Waals surface area contributed by atoms with E-state index in [0.29, 0.717) is 35.6 Å². The van der Waals surface area contributed by atoms with E-state index in [0.717, 1.165) is 50.8 Å². The summed E-state index contributed by atoms with van der Waals surface area (Å²) >= 11 is 6.03. The van der Waals surface area contributed by atoms with Gasteiger partial charge in [0.15, 0.2) is 5.96 Å². The van der Waals surface area contributed by atoms with Crippen LogP contribution >= 0.6 is 11.6 Å². The van der Waals surface area contributed by atoms with Crippen LogP contribution in [0.25, 0.3) is 11.4 Å². The van der Waals surface area contributed by atoms with Crippen molar-refractivity contribution in [1.82, 2.24) is 20.4 Å². The van der Waals surface area contributed by atoms with Gasteiger partial charge in [0.05, 0.1) is 13.2 Å². The van der Waals surface area contributed by atoms with Gasteiger partial charge in [-0.05, 0) is 32.4 Å². The number of rotatable bonds is 8. The molecule has 1 saturated heterocycles. The van der Waals surface area contributed by atoms with Crippen molar-refractivity contribution in [3.05, 3.63) is 35.2 Å². The fourth-order valence-corrected chi connectivity index (χ4v) is 3.42. The van der Waals surface area contributed by atoms with Crippen LogP contribution in [0.3, 0.4) is 0 Å². The maximum atomic E-state index is 6.03. The molecule has 1 fully saturated rings. The molecule has 0 saturated carbocycles. The predicted molar refractivity (Wildman–Crippen MR) is 111 cm³/mol. The van der Waals surface area contributed by atoms with E-state index in [-0.39, 0.29) is 0 Å². The van der Waals surface area contributed by atoms with Crippen molar-refractivity contribution < 1.29 is 9.26 Å². The standard InChI is InChI=1S/C20H28ClN5O2/c1-3-22-20(26-11-9-15(13-26)14-27-4-2)23-10-8-18-24-19(25-28-18)16-6-5-7-17(21)12-16/h5-7,12,15H,3-4,8-11,13-14H2,1-2H3,(H,22,23). The molecule has 1 aromatic carbocycles. The highest BCUT2D eigenvalue weighted by atomic mass is 35.5. The molecule has 0 bridgehead atoms. The second-order valence-electron chi connectivity index (χ2n) is 6.77. The van der Waals surface area contributed by atoms with Crippen molar-refractivity contribution in [3.63, 3.8) is 0 Å². The number of nitrogens with zero attached hydrogens (tertiary/aromatic N) is 4. The van der Waals surface area contributed by atoms with Gasteiger partial charge in [-0.25, -0.2) is 0 Å². The minimum atomic E-state index is 0.548. The number of aliphatic imine (C=N–C) groups is 1. The Morgan fingerprint density at radius 2 is 2.32 bits per heavy atom. The van der Waals surface area contributed by atoms with Crippen LogP contribution in [0, 0.1) is 5.92 Å². The SMILES string of the molecule is CCNC(=NCCc1nc(-c2cccc(Cl)c2)no1)N1CCC(COCC)C1. The summed E-state index contributed by atoms with van der Waals surface area (Å²) in [5.74, 6) is 2.63. The highest BCUT2D eigenvalue weighted by molar-refractivity contribution is 6.30. The van der Waals surface area contributed by atoms with Crippen LogP contribution in [0.4, 0.5) is 0 Å². The molecule has 7 nitrogen and oxygen atoms in total. The number of hydrogen-bond donors (Lipinski definition) is 1. The number of nitrogens with one attached hydrogen (secondary N) is 1. The van der Waals surface area contributed by atoms with Gasteiger partial charge in [-0.1, -0.05) is 28.9 Å². The van der Waals surface area contributed by atoms with Gasteiger partial charge < -0.3 is 19.5 Å². The van der Waals surface area contributed by atoms with Crippen LogP contribution in [0.2, 0.25) is 5.02 Å². The lowest BCUT2D eigenvalue weighted by atomic mass is 10.1. The number of ether oxygens (including phenoxy) is 1. The third-order valence-corrected chi connectivity index (χ3v) is 4.85. The average Bonchev–Trinajstić information content (AvgIpc) is 3.35. The molecule has 28 heavy (non-hydrogen) atoms. The van der Waals surface area contributed by atoms with Crippen molar-refractivity contribution >= 4 is 17.6 Å². The second-order valence-corrected chi connectivity index (χ2v) is 7.20. The third-order valence-electron chi connectivity index (χ3n) is 4.62. The molecule has 1 aromatic heterocycles. The fourth-order valence-electron chi connectivity index (χ4n) is 3.23. The van der Waals surface area contributed by atoms with E-state index >= 15 is 0 Å². The highest BCUT2D eigenvalue weighted by Crippen LogP contribution is 2.20. The summed E-state index contributed by atoms with van der Waals surface area (Å²) in [5.41, 5.74) is 0.844. The first-order valence-corrected chi connectivity index (χ1v) is 10.3. The third kappa shape index (κ3) is 5.69. The monoisotopic (exact) mass is 405 g/mol. The zero-order valence-corrected chi connectivity index (χ0v) is 17.3. The van der Waals surface area contributed by atoms with Crippen LogP contribution < -0.4 is 5.32 Å². The predicted octanol–water partition coefficient (Wildman–Crippen LogP) is 3.26. The summed E-state index contributed by atoms with van der Waals surface area (Å²) in [6.07, 6.45) is 1.73. The van der Waals surface area contributed by atoms with Gasteiger partial charge in [0.1, 0.15) is 0 Å². The van der Waals surface area contributed by atoms with Gasteiger partial charge in [0, 0.05) is 49.2 Å². The van der Waals surface area contributed by atoms with E-state index in [9.17, 15) is 0 Å². The summed E-state index contributed by atoms with van der Waals surface area (Å²) in [7, 11) is 0. The Hall–Kier alpha value is -2.12. The number of benzene rings is 1. The summed E-state index contributed by atoms with van der Waals surface area (Å²) in [4.78, 5) is 11.5. The number of guanidine groups is 1. The van der Waals surface area contributed by atoms with Crippen molar-refractivity contribution in [1.29, 1.82) is 0 Å². The van der Waals surface area contributed by atoms with Crippen LogP contribution in [-0.2, 0) is 11.2 Å². The van der Waals surface area contributed by atoms with Crippen LogP contribution in [0.5, 0.6) is 0 Å². The molecule has 1 aliphatic heterocycles. The summed E-state index contributed by atoms with van der Waals surface area (Å²) < 4.78 is 10.9. The first-order chi connectivity index (χ1) is 13.7. The Kier molecular flexibility index (Phi) is 7.68. The Bertz CT molecular complexity index is 779. The van der Waals surface area contributed by atoms with Gasteiger partial charge in [-0.15, -0.1) is 0 Å². The molecular formula is C20H28ClN5O2. The van der Waals surface area contributed by atoms with E-state index in [1.165, 1.54) is 0 Å². The van der Waals surface area contributed by atoms with Crippen molar-refractivity contribution in [3.8, 4) is 11.4 Å². The van der Waals surface area contributed by atoms with E-state index in [1.807, 2.05) is 31.2 Å². The number of aromatic nitrogens is 2. The smallest absolute Gasteiger partial charge is 0.228 e. The fraction of sp³-hybridized carbons (Fsp3) is 0.550. The zero-order valence-electron chi connectivity index (χ0n) is 16.5. The van der Waals surface area contributed by atoms with Gasteiger partial charge in [0.2, 0.25) is 11.7 Å². The molecule has 1 atom stereocenters. The normalized spacial score (nSPS) is 17.3. The molecule has 0 spiro atoms. The Morgan fingerprint density at radius 1 is 1.43 bits per heavy atom. The number of hydrogen-bond acceptors (Lipinski definition) is 5. The van der Waals surface area contributed by atoms with Crippen molar-refractivity contribution in [2.75, 3.05) is 39.4 Å². The lowest BCUT2D eigenvalue weighted by molar-refractivity contribution is 0.114.